The van der Waals surface area contributed by atoms with E-state index in [1.54, 1.807) is 18.3 Å². The second-order valence-corrected chi connectivity index (χ2v) is 8.61. The normalized spacial score (nSPS) is 14.7. The molecule has 0 spiro atoms. The first-order chi connectivity index (χ1) is 13.3. The third-order valence-corrected chi connectivity index (χ3v) is 6.61. The van der Waals surface area contributed by atoms with Gasteiger partial charge in [-0.3, -0.25) is 0 Å². The molecule has 0 fully saturated rings. The van der Waals surface area contributed by atoms with Crippen molar-refractivity contribution in [2.24, 2.45) is 0 Å². The van der Waals surface area contributed by atoms with E-state index in [1.807, 2.05) is 0 Å². The molecule has 3 aromatic rings. The Morgan fingerprint density at radius 2 is 1.82 bits per heavy atom. The molecule has 144 valence electrons. The van der Waals surface area contributed by atoms with E-state index >= 15 is 0 Å². The zero-order valence-corrected chi connectivity index (χ0v) is 15.9. The number of hydrogen-bond donors (Lipinski definition) is 0. The number of halogens is 2. The van der Waals surface area contributed by atoms with Crippen LogP contribution in [0.25, 0.3) is 11.4 Å². The van der Waals surface area contributed by atoms with Gasteiger partial charge in [0.2, 0.25) is 10.0 Å². The van der Waals surface area contributed by atoms with Crippen LogP contribution in [0.15, 0.2) is 53.6 Å². The van der Waals surface area contributed by atoms with Crippen molar-refractivity contribution in [1.29, 1.82) is 0 Å². The van der Waals surface area contributed by atoms with Gasteiger partial charge < -0.3 is 0 Å². The Morgan fingerprint density at radius 3 is 2.54 bits per heavy atom. The van der Waals surface area contributed by atoms with Crippen LogP contribution in [0.4, 0.5) is 8.78 Å². The number of sulfonamides is 1. The molecule has 0 saturated carbocycles. The summed E-state index contributed by atoms with van der Waals surface area (Å²) in [7, 11) is -3.74. The minimum Gasteiger partial charge on any atom is -0.236 e. The lowest BCUT2D eigenvalue weighted by atomic mass is 10.1. The summed E-state index contributed by atoms with van der Waals surface area (Å²) in [6.07, 6.45) is 2.05. The van der Waals surface area contributed by atoms with Gasteiger partial charge in [-0.2, -0.15) is 4.31 Å². The van der Waals surface area contributed by atoms with Gasteiger partial charge >= 0.3 is 0 Å². The first-order valence-electron chi connectivity index (χ1n) is 8.71. The number of benzene rings is 2. The molecule has 1 aliphatic rings. The molecular weight excluding hydrogens is 384 g/mol. The molecule has 1 aromatic heterocycles. The zero-order chi connectivity index (χ0) is 19.9. The predicted molar refractivity (Wildman–Crippen MR) is 99.9 cm³/mol. The summed E-state index contributed by atoms with van der Waals surface area (Å²) in [6.45, 7) is 1.95. The molecule has 0 aliphatic carbocycles. The average molecular weight is 401 g/mol. The van der Waals surface area contributed by atoms with E-state index < -0.39 is 15.8 Å². The van der Waals surface area contributed by atoms with E-state index in [0.717, 1.165) is 17.3 Å². The van der Waals surface area contributed by atoms with Gasteiger partial charge in [-0.25, -0.2) is 27.2 Å². The van der Waals surface area contributed by atoms with Crippen LogP contribution in [0, 0.1) is 18.6 Å². The van der Waals surface area contributed by atoms with Crippen LogP contribution in [0.5, 0.6) is 0 Å². The fourth-order valence-electron chi connectivity index (χ4n) is 3.16. The second kappa shape index (κ2) is 7.03. The summed E-state index contributed by atoms with van der Waals surface area (Å²) < 4.78 is 53.7. The van der Waals surface area contributed by atoms with Gasteiger partial charge in [0.1, 0.15) is 11.6 Å². The standard InChI is InChI=1S/C20H17F2N3O2S/c1-13-10-17(6-7-18(13)22)28(26,27)25-9-8-19-15(12-25)11-23-20(24-19)14-2-4-16(21)5-3-14/h2-7,10-11H,8-9,12H2,1H3. The Kier molecular flexibility index (Phi) is 4.68. The molecule has 0 atom stereocenters. The Labute approximate surface area is 161 Å². The molecule has 0 radical (unpaired) electrons. The molecule has 5 nitrogen and oxygen atoms in total. The second-order valence-electron chi connectivity index (χ2n) is 6.67. The third kappa shape index (κ3) is 3.41. The number of aromatic nitrogens is 2. The van der Waals surface area contributed by atoms with Gasteiger partial charge in [0.15, 0.2) is 5.82 Å². The highest BCUT2D eigenvalue weighted by atomic mass is 32.2. The summed E-state index contributed by atoms with van der Waals surface area (Å²) in [6, 6.07) is 9.68. The van der Waals surface area contributed by atoms with Crippen LogP contribution in [-0.4, -0.2) is 29.2 Å². The highest BCUT2D eigenvalue weighted by Crippen LogP contribution is 2.26. The highest BCUT2D eigenvalue weighted by Gasteiger charge is 2.29. The van der Waals surface area contributed by atoms with Crippen LogP contribution in [0.3, 0.4) is 0 Å². The molecular formula is C20H17F2N3O2S. The maximum Gasteiger partial charge on any atom is 0.243 e. The molecule has 0 bridgehead atoms. The Balaban J connectivity index is 1.61. The van der Waals surface area contributed by atoms with Gasteiger partial charge in [0, 0.05) is 36.8 Å². The van der Waals surface area contributed by atoms with Crippen LogP contribution >= 0.6 is 0 Å². The van der Waals surface area contributed by atoms with Crippen molar-refractivity contribution in [2.45, 2.75) is 24.8 Å². The smallest absolute Gasteiger partial charge is 0.236 e. The molecule has 8 heteroatoms. The lowest BCUT2D eigenvalue weighted by Crippen LogP contribution is -2.36. The van der Waals surface area contributed by atoms with Crippen LogP contribution in [0.1, 0.15) is 16.8 Å². The molecule has 2 heterocycles. The number of hydrogen-bond acceptors (Lipinski definition) is 4. The summed E-state index contributed by atoms with van der Waals surface area (Å²) in [5.41, 5.74) is 2.47. The Bertz CT molecular complexity index is 1150. The van der Waals surface area contributed by atoms with E-state index in [-0.39, 0.29) is 29.4 Å². The van der Waals surface area contributed by atoms with E-state index in [2.05, 4.69) is 9.97 Å². The molecule has 28 heavy (non-hydrogen) atoms. The van der Waals surface area contributed by atoms with Crippen LogP contribution in [0.2, 0.25) is 0 Å². The Morgan fingerprint density at radius 1 is 1.07 bits per heavy atom. The van der Waals surface area contributed by atoms with Gasteiger partial charge in [-0.1, -0.05) is 0 Å². The van der Waals surface area contributed by atoms with Crippen LogP contribution in [-0.2, 0) is 23.0 Å². The average Bonchev–Trinajstić information content (AvgIpc) is 2.69. The minimum atomic E-state index is -3.74. The molecule has 0 saturated heterocycles. The predicted octanol–water partition coefficient (Wildman–Crippen LogP) is 3.48. The van der Waals surface area contributed by atoms with Gasteiger partial charge in [0.25, 0.3) is 0 Å². The van der Waals surface area contributed by atoms with Gasteiger partial charge in [-0.05, 0) is 55.0 Å². The minimum absolute atomic E-state index is 0.0682. The van der Waals surface area contributed by atoms with E-state index in [4.69, 9.17) is 0 Å². The monoisotopic (exact) mass is 401 g/mol. The summed E-state index contributed by atoms with van der Waals surface area (Å²) in [4.78, 5) is 8.89. The fraction of sp³-hybridized carbons (Fsp3) is 0.200. The molecule has 0 N–H and O–H groups in total. The molecule has 1 aliphatic heterocycles. The van der Waals surface area contributed by atoms with Gasteiger partial charge in [0.05, 0.1) is 10.6 Å². The number of fused-ring (bicyclic) bond motifs is 1. The summed E-state index contributed by atoms with van der Waals surface area (Å²) in [5.74, 6) is -0.299. The first kappa shape index (κ1) is 18.6. The summed E-state index contributed by atoms with van der Waals surface area (Å²) in [5, 5.41) is 0. The number of rotatable bonds is 3. The quantitative estimate of drug-likeness (QED) is 0.674. The highest BCUT2D eigenvalue weighted by molar-refractivity contribution is 7.89. The van der Waals surface area contributed by atoms with Gasteiger partial charge in [-0.15, -0.1) is 0 Å². The molecule has 0 unspecified atom stereocenters. The molecule has 2 aromatic carbocycles. The van der Waals surface area contributed by atoms with E-state index in [9.17, 15) is 17.2 Å². The van der Waals surface area contributed by atoms with Crippen molar-refractivity contribution in [3.8, 4) is 11.4 Å². The van der Waals surface area contributed by atoms with Crippen LogP contribution < -0.4 is 0 Å². The summed E-state index contributed by atoms with van der Waals surface area (Å²) >= 11 is 0. The SMILES string of the molecule is Cc1cc(S(=O)(=O)N2CCc3nc(-c4ccc(F)cc4)ncc3C2)ccc1F. The first-order valence-corrected chi connectivity index (χ1v) is 10.2. The van der Waals surface area contributed by atoms with Crippen molar-refractivity contribution < 1.29 is 17.2 Å². The van der Waals surface area contributed by atoms with Crippen molar-refractivity contribution in [2.75, 3.05) is 6.54 Å². The lowest BCUT2D eigenvalue weighted by Gasteiger charge is -2.27. The van der Waals surface area contributed by atoms with E-state index in [1.165, 1.54) is 35.5 Å². The Hall–Kier alpha value is -2.71. The molecule has 0 amide bonds. The van der Waals surface area contributed by atoms with Crippen molar-refractivity contribution >= 4 is 10.0 Å². The number of nitrogens with zero attached hydrogens (tertiary/aromatic N) is 3. The van der Waals surface area contributed by atoms with Crippen molar-refractivity contribution in [3.63, 3.8) is 0 Å². The zero-order valence-electron chi connectivity index (χ0n) is 15.1. The number of aryl methyl sites for hydroxylation is 1. The third-order valence-electron chi connectivity index (χ3n) is 4.77. The largest absolute Gasteiger partial charge is 0.243 e. The lowest BCUT2D eigenvalue weighted by molar-refractivity contribution is 0.387. The maximum atomic E-state index is 13.5. The molecule has 4 rings (SSSR count). The van der Waals surface area contributed by atoms with E-state index in [0.29, 0.717) is 17.8 Å². The fourth-order valence-corrected chi connectivity index (χ4v) is 4.66. The topological polar surface area (TPSA) is 63.2 Å². The van der Waals surface area contributed by atoms with Crippen molar-refractivity contribution in [1.82, 2.24) is 14.3 Å². The van der Waals surface area contributed by atoms with Crippen molar-refractivity contribution in [3.05, 3.63) is 77.1 Å². The maximum absolute atomic E-state index is 13.5.